The normalized spacial score (nSPS) is 13.7. The van der Waals surface area contributed by atoms with E-state index >= 15 is 0 Å². The Kier molecular flexibility index (Phi) is 76.7. The number of hydrogen-bond donors (Lipinski definition) is 3. The summed E-state index contributed by atoms with van der Waals surface area (Å²) in [6.07, 6.45) is 72.2. The molecule has 0 spiro atoms. The number of rotatable bonds is 85. The summed E-state index contributed by atoms with van der Waals surface area (Å²) in [6, 6.07) is 0. The molecule has 0 aliphatic rings. The second kappa shape index (κ2) is 78.2. The minimum atomic E-state index is -4.96. The van der Waals surface area contributed by atoms with Gasteiger partial charge in [-0.1, -0.05) is 407 Å². The topological polar surface area (TPSA) is 237 Å². The van der Waals surface area contributed by atoms with Gasteiger partial charge in [0.1, 0.15) is 19.3 Å². The Morgan fingerprint density at radius 3 is 0.573 bits per heavy atom. The van der Waals surface area contributed by atoms with Crippen LogP contribution in [-0.2, 0) is 65.4 Å². The van der Waals surface area contributed by atoms with Gasteiger partial charge in [0.2, 0.25) is 0 Å². The van der Waals surface area contributed by atoms with Crippen LogP contribution in [0.15, 0.2) is 0 Å². The first-order chi connectivity index (χ1) is 50.2. The highest BCUT2D eigenvalue weighted by Crippen LogP contribution is 2.45. The fourth-order valence-electron chi connectivity index (χ4n) is 13.2. The van der Waals surface area contributed by atoms with Crippen LogP contribution in [0, 0.1) is 0 Å². The van der Waals surface area contributed by atoms with Gasteiger partial charge < -0.3 is 33.8 Å². The average Bonchev–Trinajstić information content (AvgIpc) is 0.921. The highest BCUT2D eigenvalue weighted by atomic mass is 31.2. The van der Waals surface area contributed by atoms with Crippen LogP contribution in [0.5, 0.6) is 0 Å². The van der Waals surface area contributed by atoms with Gasteiger partial charge in [-0.3, -0.25) is 37.3 Å². The molecule has 3 N–H and O–H groups in total. The van der Waals surface area contributed by atoms with E-state index in [0.717, 1.165) is 89.9 Å². The molecule has 0 bridgehead atoms. The molecular weight excluding hydrogens is 1340 g/mol. The highest BCUT2D eigenvalue weighted by Gasteiger charge is 2.30. The van der Waals surface area contributed by atoms with Crippen molar-refractivity contribution in [3.63, 3.8) is 0 Å². The lowest BCUT2D eigenvalue weighted by molar-refractivity contribution is -0.161. The summed E-state index contributed by atoms with van der Waals surface area (Å²) in [5.41, 5.74) is 0. The van der Waals surface area contributed by atoms with Crippen LogP contribution in [0.4, 0.5) is 0 Å². The van der Waals surface area contributed by atoms with Gasteiger partial charge >= 0.3 is 39.5 Å². The molecule has 0 aliphatic carbocycles. The van der Waals surface area contributed by atoms with E-state index in [4.69, 9.17) is 37.0 Å². The molecule has 0 aromatic rings. The van der Waals surface area contributed by atoms with Crippen molar-refractivity contribution < 1.29 is 80.2 Å². The standard InChI is InChI=1S/C84H164O17P2/c1-5-9-13-17-21-25-29-32-35-37-39-40-41-43-45-48-51-55-59-63-67-71-84(89)101-80(75-95-82(87)69-65-61-57-53-49-47-44-42-38-36-33-30-26-22-18-14-10-6-2)77-99-103(92,93)97-73-78(85)72-96-102(90,91)98-76-79(74-94-81(86)68-64-60-56-52-28-24-20-16-12-8-4)100-83(88)70-66-62-58-54-50-46-34-31-27-23-19-15-11-7-3/h78-80,85H,5-77H2,1-4H3,(H,90,91)(H,92,93)/t78-,79+,80+/m0/s1. The number of carbonyl (C=O) groups is 4. The van der Waals surface area contributed by atoms with E-state index in [1.165, 1.54) is 289 Å². The first kappa shape index (κ1) is 101. The maximum absolute atomic E-state index is 13.1. The van der Waals surface area contributed by atoms with Gasteiger partial charge in [-0.25, -0.2) is 9.13 Å². The maximum atomic E-state index is 13.1. The Morgan fingerprint density at radius 1 is 0.233 bits per heavy atom. The lowest BCUT2D eigenvalue weighted by Gasteiger charge is -2.21. The Balaban J connectivity index is 5.21. The van der Waals surface area contributed by atoms with Crippen molar-refractivity contribution in [2.45, 2.75) is 476 Å². The number of aliphatic hydroxyl groups excluding tert-OH is 1. The van der Waals surface area contributed by atoms with Crippen molar-refractivity contribution in [3.8, 4) is 0 Å². The number of unbranched alkanes of at least 4 members (excludes halogenated alkanes) is 59. The Bertz CT molecular complexity index is 1950. The Labute approximate surface area is 632 Å². The Morgan fingerprint density at radius 2 is 0.388 bits per heavy atom. The molecule has 612 valence electrons. The summed E-state index contributed by atoms with van der Waals surface area (Å²) in [6.45, 7) is 5.04. The molecule has 0 rings (SSSR count). The highest BCUT2D eigenvalue weighted by molar-refractivity contribution is 7.47. The van der Waals surface area contributed by atoms with E-state index in [1.807, 2.05) is 0 Å². The van der Waals surface area contributed by atoms with Gasteiger partial charge in [0.15, 0.2) is 12.2 Å². The van der Waals surface area contributed by atoms with Gasteiger partial charge in [-0.2, -0.15) is 0 Å². The maximum Gasteiger partial charge on any atom is 0.472 e. The summed E-state index contributed by atoms with van der Waals surface area (Å²) in [5.74, 6) is -2.10. The molecule has 2 unspecified atom stereocenters. The van der Waals surface area contributed by atoms with Gasteiger partial charge in [0.25, 0.3) is 0 Å². The van der Waals surface area contributed by atoms with E-state index in [0.29, 0.717) is 25.7 Å². The molecular formula is C84H164O17P2. The molecule has 0 aliphatic heterocycles. The molecule has 17 nitrogen and oxygen atoms in total. The van der Waals surface area contributed by atoms with Crippen LogP contribution in [0.25, 0.3) is 0 Å². The van der Waals surface area contributed by atoms with Crippen LogP contribution in [0.2, 0.25) is 0 Å². The van der Waals surface area contributed by atoms with Crippen molar-refractivity contribution in [1.82, 2.24) is 0 Å². The monoisotopic (exact) mass is 1510 g/mol. The van der Waals surface area contributed by atoms with Crippen molar-refractivity contribution in [2.75, 3.05) is 39.6 Å². The fraction of sp³-hybridized carbons (Fsp3) is 0.952. The molecule has 5 atom stereocenters. The fourth-order valence-corrected chi connectivity index (χ4v) is 14.7. The van der Waals surface area contributed by atoms with Crippen LogP contribution in [0.3, 0.4) is 0 Å². The van der Waals surface area contributed by atoms with Gasteiger partial charge in [-0.05, 0) is 25.7 Å². The summed E-state index contributed by atoms with van der Waals surface area (Å²) < 4.78 is 68.8. The number of phosphoric ester groups is 2. The summed E-state index contributed by atoms with van der Waals surface area (Å²) in [4.78, 5) is 73.1. The van der Waals surface area contributed by atoms with Crippen molar-refractivity contribution in [3.05, 3.63) is 0 Å². The third kappa shape index (κ3) is 78.0. The zero-order valence-corrected chi connectivity index (χ0v) is 69.1. The van der Waals surface area contributed by atoms with Crippen molar-refractivity contribution in [1.29, 1.82) is 0 Å². The number of phosphoric acid groups is 2. The molecule has 0 amide bonds. The van der Waals surface area contributed by atoms with Crippen LogP contribution < -0.4 is 0 Å². The Hall–Kier alpha value is -1.94. The van der Waals surface area contributed by atoms with Crippen LogP contribution in [0.1, 0.15) is 458 Å². The summed E-state index contributed by atoms with van der Waals surface area (Å²) in [7, 11) is -9.92. The minimum Gasteiger partial charge on any atom is -0.462 e. The number of ether oxygens (including phenoxy) is 4. The van der Waals surface area contributed by atoms with E-state index < -0.39 is 97.5 Å². The summed E-state index contributed by atoms with van der Waals surface area (Å²) in [5, 5.41) is 10.7. The summed E-state index contributed by atoms with van der Waals surface area (Å²) >= 11 is 0. The number of esters is 4. The van der Waals surface area contributed by atoms with E-state index in [9.17, 15) is 43.2 Å². The van der Waals surface area contributed by atoms with E-state index in [-0.39, 0.29) is 25.7 Å². The largest absolute Gasteiger partial charge is 0.472 e. The first-order valence-corrected chi connectivity index (χ1v) is 46.8. The predicted octanol–water partition coefficient (Wildman–Crippen LogP) is 25.7. The molecule has 0 radical (unpaired) electrons. The van der Waals surface area contributed by atoms with E-state index in [2.05, 4.69) is 27.7 Å². The molecule has 19 heteroatoms. The van der Waals surface area contributed by atoms with E-state index in [1.54, 1.807) is 0 Å². The molecule has 0 heterocycles. The van der Waals surface area contributed by atoms with Crippen LogP contribution >= 0.6 is 15.6 Å². The smallest absolute Gasteiger partial charge is 0.462 e. The van der Waals surface area contributed by atoms with Crippen LogP contribution in [-0.4, -0.2) is 96.7 Å². The lowest BCUT2D eigenvalue weighted by Crippen LogP contribution is -2.30. The second-order valence-electron chi connectivity index (χ2n) is 30.2. The minimum absolute atomic E-state index is 0.109. The quantitative estimate of drug-likeness (QED) is 0.0222. The number of hydrogen-bond acceptors (Lipinski definition) is 15. The van der Waals surface area contributed by atoms with Gasteiger partial charge in [0, 0.05) is 25.7 Å². The first-order valence-electron chi connectivity index (χ1n) is 43.8. The van der Waals surface area contributed by atoms with Crippen molar-refractivity contribution >= 4 is 39.5 Å². The SMILES string of the molecule is CCCCCCCCCCCCCCCCCCCCCCCC(=O)O[C@H](COC(=O)CCCCCCCCCCCCCCCCCCCC)COP(=O)(O)OC[C@@H](O)COP(=O)(O)OC[C@@H](COC(=O)CCCCCCCCCCCC)OC(=O)CCCCCCCCCCCCCCCC. The average molecular weight is 1510 g/mol. The van der Waals surface area contributed by atoms with Gasteiger partial charge in [-0.15, -0.1) is 0 Å². The number of carbonyl (C=O) groups excluding carboxylic acids is 4. The third-order valence-electron chi connectivity index (χ3n) is 19.9. The molecule has 103 heavy (non-hydrogen) atoms. The van der Waals surface area contributed by atoms with Gasteiger partial charge in [0.05, 0.1) is 26.4 Å². The molecule has 0 fully saturated rings. The molecule has 0 saturated carbocycles. The second-order valence-corrected chi connectivity index (χ2v) is 33.1. The lowest BCUT2D eigenvalue weighted by atomic mass is 10.0. The molecule has 0 aromatic carbocycles. The van der Waals surface area contributed by atoms with Crippen molar-refractivity contribution in [2.24, 2.45) is 0 Å². The molecule has 0 saturated heterocycles. The third-order valence-corrected chi connectivity index (χ3v) is 21.8. The number of aliphatic hydroxyl groups is 1. The predicted molar refractivity (Wildman–Crippen MR) is 423 cm³/mol. The zero-order chi connectivity index (χ0) is 75.3. The zero-order valence-electron chi connectivity index (χ0n) is 67.3. The molecule has 0 aromatic heterocycles.